The molecular formula is C14H21N3O. The lowest BCUT2D eigenvalue weighted by Gasteiger charge is -2.55. The molecule has 2 aliphatic rings. The Morgan fingerprint density at radius 3 is 2.67 bits per heavy atom. The third-order valence-corrected chi connectivity index (χ3v) is 4.28. The van der Waals surface area contributed by atoms with Crippen LogP contribution in [0.2, 0.25) is 0 Å². The second-order valence-electron chi connectivity index (χ2n) is 5.60. The summed E-state index contributed by atoms with van der Waals surface area (Å²) in [6.45, 7) is 6.12. The van der Waals surface area contributed by atoms with E-state index >= 15 is 0 Å². The molecular weight excluding hydrogens is 226 g/mol. The van der Waals surface area contributed by atoms with Crippen LogP contribution in [0, 0.1) is 0 Å². The highest BCUT2D eigenvalue weighted by atomic mass is 16.1. The van der Waals surface area contributed by atoms with E-state index in [1.165, 1.54) is 25.1 Å². The van der Waals surface area contributed by atoms with Gasteiger partial charge in [0.05, 0.1) is 0 Å². The van der Waals surface area contributed by atoms with Gasteiger partial charge in [0.25, 0.3) is 5.56 Å². The van der Waals surface area contributed by atoms with Crippen molar-refractivity contribution in [2.75, 3.05) is 20.1 Å². The summed E-state index contributed by atoms with van der Waals surface area (Å²) < 4.78 is 1.79. The van der Waals surface area contributed by atoms with Gasteiger partial charge >= 0.3 is 0 Å². The minimum Gasteiger partial charge on any atom is -0.315 e. The Morgan fingerprint density at radius 1 is 1.28 bits per heavy atom. The summed E-state index contributed by atoms with van der Waals surface area (Å²) in [5.41, 5.74) is 1.36. The molecule has 0 N–H and O–H groups in total. The molecule has 2 saturated heterocycles. The second kappa shape index (κ2) is 4.52. The van der Waals surface area contributed by atoms with Crippen LogP contribution in [0.15, 0.2) is 23.1 Å². The maximum absolute atomic E-state index is 11.6. The molecule has 4 heteroatoms. The maximum atomic E-state index is 11.6. The van der Waals surface area contributed by atoms with Crippen LogP contribution < -0.4 is 5.56 Å². The van der Waals surface area contributed by atoms with Gasteiger partial charge in [0.2, 0.25) is 0 Å². The summed E-state index contributed by atoms with van der Waals surface area (Å²) in [7, 11) is 2.20. The number of likely N-dealkylation sites (N-methyl/N-ethyl adjacent to an activating group) is 1. The predicted octanol–water partition coefficient (Wildman–Crippen LogP) is 0.756. The number of hydrogen-bond donors (Lipinski definition) is 0. The fraction of sp³-hybridized carbons (Fsp3) is 0.643. The SMILES string of the molecule is CCn1cc(CN2C3CC2CN(C)C3)ccc1=O. The van der Waals surface area contributed by atoms with Gasteiger partial charge in [-0.1, -0.05) is 6.07 Å². The molecule has 3 heterocycles. The first kappa shape index (κ1) is 11.9. The average Bonchev–Trinajstić information content (AvgIpc) is 2.37. The number of nitrogens with zero attached hydrogens (tertiary/aromatic N) is 3. The van der Waals surface area contributed by atoms with Crippen molar-refractivity contribution in [2.45, 2.75) is 38.5 Å². The summed E-state index contributed by atoms with van der Waals surface area (Å²) in [5, 5.41) is 0. The van der Waals surface area contributed by atoms with Gasteiger partial charge in [-0.05, 0) is 26.0 Å². The number of aromatic nitrogens is 1. The van der Waals surface area contributed by atoms with Gasteiger partial charge in [0.1, 0.15) is 0 Å². The van der Waals surface area contributed by atoms with Gasteiger partial charge in [-0.15, -0.1) is 0 Å². The Balaban J connectivity index is 1.72. The van der Waals surface area contributed by atoms with Gasteiger partial charge in [-0.25, -0.2) is 0 Å². The van der Waals surface area contributed by atoms with Crippen molar-refractivity contribution in [3.63, 3.8) is 0 Å². The molecule has 98 valence electrons. The average molecular weight is 247 g/mol. The number of fused-ring (bicyclic) bond motifs is 2. The molecule has 0 amide bonds. The first-order valence-electron chi connectivity index (χ1n) is 6.81. The molecule has 2 aliphatic heterocycles. The topological polar surface area (TPSA) is 28.5 Å². The zero-order valence-electron chi connectivity index (χ0n) is 11.2. The molecule has 2 fully saturated rings. The summed E-state index contributed by atoms with van der Waals surface area (Å²) >= 11 is 0. The number of pyridine rings is 1. The Hall–Kier alpha value is -1.13. The molecule has 0 aliphatic carbocycles. The first-order valence-corrected chi connectivity index (χ1v) is 6.81. The minimum absolute atomic E-state index is 0.102. The quantitative estimate of drug-likeness (QED) is 0.789. The van der Waals surface area contributed by atoms with E-state index in [4.69, 9.17) is 0 Å². The van der Waals surface area contributed by atoms with Crippen molar-refractivity contribution in [3.05, 3.63) is 34.2 Å². The fourth-order valence-corrected chi connectivity index (χ4v) is 3.29. The monoisotopic (exact) mass is 247 g/mol. The highest BCUT2D eigenvalue weighted by molar-refractivity contribution is 5.13. The molecule has 2 unspecified atom stereocenters. The van der Waals surface area contributed by atoms with E-state index in [1.807, 2.05) is 19.2 Å². The predicted molar refractivity (Wildman–Crippen MR) is 71.6 cm³/mol. The summed E-state index contributed by atoms with van der Waals surface area (Å²) in [6.07, 6.45) is 3.36. The Bertz CT molecular complexity index is 484. The van der Waals surface area contributed by atoms with Crippen molar-refractivity contribution >= 4 is 0 Å². The molecule has 1 aromatic rings. The van der Waals surface area contributed by atoms with E-state index < -0.39 is 0 Å². The van der Waals surface area contributed by atoms with Crippen LogP contribution in [0.5, 0.6) is 0 Å². The van der Waals surface area contributed by atoms with Crippen LogP contribution in [0.25, 0.3) is 0 Å². The molecule has 0 aromatic carbocycles. The molecule has 1 aromatic heterocycles. The third-order valence-electron chi connectivity index (χ3n) is 4.28. The standard InChI is InChI=1S/C14H21N3O/c1-3-16-7-11(4-5-14(16)18)8-17-12-6-13(17)10-15(2)9-12/h4-5,7,12-13H,3,6,8-10H2,1-2H3. The van der Waals surface area contributed by atoms with Crippen molar-refractivity contribution < 1.29 is 0 Å². The smallest absolute Gasteiger partial charge is 0.250 e. The maximum Gasteiger partial charge on any atom is 0.250 e. The van der Waals surface area contributed by atoms with Crippen LogP contribution in [-0.4, -0.2) is 46.6 Å². The molecule has 0 radical (unpaired) electrons. The van der Waals surface area contributed by atoms with E-state index in [-0.39, 0.29) is 5.56 Å². The lowest BCUT2D eigenvalue weighted by atomic mass is 9.87. The number of piperazine rings is 1. The van der Waals surface area contributed by atoms with Crippen LogP contribution in [0.1, 0.15) is 18.9 Å². The summed E-state index contributed by atoms with van der Waals surface area (Å²) in [6, 6.07) is 5.11. The number of likely N-dealkylation sites (tertiary alicyclic amines) is 2. The number of aryl methyl sites for hydroxylation is 1. The molecule has 0 spiro atoms. The Morgan fingerprint density at radius 2 is 2.00 bits per heavy atom. The van der Waals surface area contributed by atoms with E-state index in [2.05, 4.69) is 16.8 Å². The van der Waals surface area contributed by atoms with Gasteiger partial charge in [-0.3, -0.25) is 9.69 Å². The second-order valence-corrected chi connectivity index (χ2v) is 5.60. The lowest BCUT2D eigenvalue weighted by Crippen LogP contribution is -2.67. The molecule has 0 saturated carbocycles. The van der Waals surface area contributed by atoms with Crippen molar-refractivity contribution in [2.24, 2.45) is 0 Å². The van der Waals surface area contributed by atoms with Crippen LogP contribution in [0.3, 0.4) is 0 Å². The Labute approximate surface area is 108 Å². The summed E-state index contributed by atoms with van der Waals surface area (Å²) in [4.78, 5) is 16.6. The molecule has 18 heavy (non-hydrogen) atoms. The Kier molecular flexibility index (Phi) is 2.99. The highest BCUT2D eigenvalue weighted by Gasteiger charge is 2.43. The van der Waals surface area contributed by atoms with E-state index in [0.717, 1.165) is 25.2 Å². The zero-order chi connectivity index (χ0) is 12.7. The highest BCUT2D eigenvalue weighted by Crippen LogP contribution is 2.32. The molecule has 2 bridgehead atoms. The van der Waals surface area contributed by atoms with Gasteiger partial charge in [0.15, 0.2) is 0 Å². The molecule has 2 atom stereocenters. The van der Waals surface area contributed by atoms with Gasteiger partial charge < -0.3 is 9.47 Å². The molecule has 3 rings (SSSR count). The van der Waals surface area contributed by atoms with Crippen molar-refractivity contribution in [3.8, 4) is 0 Å². The van der Waals surface area contributed by atoms with Crippen LogP contribution in [0.4, 0.5) is 0 Å². The normalized spacial score (nSPS) is 28.1. The van der Waals surface area contributed by atoms with E-state index in [9.17, 15) is 4.79 Å². The number of rotatable bonds is 3. The van der Waals surface area contributed by atoms with Crippen LogP contribution in [-0.2, 0) is 13.1 Å². The van der Waals surface area contributed by atoms with Crippen LogP contribution >= 0.6 is 0 Å². The zero-order valence-corrected chi connectivity index (χ0v) is 11.2. The van der Waals surface area contributed by atoms with Crippen molar-refractivity contribution in [1.29, 1.82) is 0 Å². The van der Waals surface area contributed by atoms with Gasteiger partial charge in [-0.2, -0.15) is 0 Å². The fourth-order valence-electron chi connectivity index (χ4n) is 3.29. The third kappa shape index (κ3) is 1.99. The largest absolute Gasteiger partial charge is 0.315 e. The minimum atomic E-state index is 0.102. The first-order chi connectivity index (χ1) is 8.67. The number of hydrogen-bond acceptors (Lipinski definition) is 3. The lowest BCUT2D eigenvalue weighted by molar-refractivity contribution is -0.0669. The summed E-state index contributed by atoms with van der Waals surface area (Å²) in [5.74, 6) is 0. The van der Waals surface area contributed by atoms with Gasteiger partial charge in [0, 0.05) is 50.5 Å². The number of piperidine rings is 1. The van der Waals surface area contributed by atoms with E-state index in [1.54, 1.807) is 10.6 Å². The van der Waals surface area contributed by atoms with E-state index in [0.29, 0.717) is 0 Å². The molecule has 4 nitrogen and oxygen atoms in total. The van der Waals surface area contributed by atoms with Crippen molar-refractivity contribution in [1.82, 2.24) is 14.4 Å².